The molecule has 0 bridgehead atoms. The van der Waals surface area contributed by atoms with Gasteiger partial charge >= 0.3 is 12.1 Å². The highest BCUT2D eigenvalue weighted by atomic mass is 32.2. The molecule has 1 heterocycles. The fraction of sp³-hybridized carbons (Fsp3) is 0.462. The molecule has 216 valence electrons. The molecular formula is C26H33F3N2O6S2. The standard InChI is InChI=1S/C24H32N2O4S2.C2HF3O2/c1-5-6-7-8-19-9-11-20(12-10-19)13-14-22-15-16-24(31-22)32(29,30)25-21(17-23(27)28)18-26(2,3)4;3-2(4,5)1(6)7/h9-12,15-16,21,25H,5-8,17-18H2,1-4H3;(H,6,7). The van der Waals surface area contributed by atoms with E-state index in [0.29, 0.717) is 15.9 Å². The van der Waals surface area contributed by atoms with Gasteiger partial charge < -0.3 is 19.5 Å². The highest BCUT2D eigenvalue weighted by Gasteiger charge is 2.29. The predicted octanol–water partition coefficient (Wildman–Crippen LogP) is 3.01. The summed E-state index contributed by atoms with van der Waals surface area (Å²) in [6.07, 6.45) is -0.789. The van der Waals surface area contributed by atoms with E-state index in [1.807, 2.05) is 33.3 Å². The molecule has 0 aliphatic heterocycles. The number of unbranched alkanes of at least 4 members (excludes halogenated alkanes) is 2. The van der Waals surface area contributed by atoms with Crippen LogP contribution in [-0.4, -0.2) is 69.9 Å². The third kappa shape index (κ3) is 14.2. The predicted molar refractivity (Wildman–Crippen MR) is 140 cm³/mol. The molecule has 0 saturated heterocycles. The van der Waals surface area contributed by atoms with Crippen LogP contribution in [0.25, 0.3) is 0 Å². The van der Waals surface area contributed by atoms with Crippen molar-refractivity contribution < 1.29 is 45.9 Å². The van der Waals surface area contributed by atoms with E-state index in [1.165, 1.54) is 30.9 Å². The summed E-state index contributed by atoms with van der Waals surface area (Å²) in [7, 11) is 1.84. The molecule has 0 amide bonds. The van der Waals surface area contributed by atoms with Crippen LogP contribution in [0.5, 0.6) is 0 Å². The van der Waals surface area contributed by atoms with Gasteiger partial charge in [0.1, 0.15) is 10.2 Å². The Balaban J connectivity index is 0.000000956. The van der Waals surface area contributed by atoms with Gasteiger partial charge in [-0.2, -0.15) is 13.2 Å². The van der Waals surface area contributed by atoms with Crippen molar-refractivity contribution in [3.63, 3.8) is 0 Å². The Labute approximate surface area is 231 Å². The molecular weight excluding hydrogens is 557 g/mol. The van der Waals surface area contributed by atoms with Gasteiger partial charge in [0.05, 0.1) is 45.0 Å². The molecule has 0 spiro atoms. The van der Waals surface area contributed by atoms with Crippen molar-refractivity contribution >= 4 is 33.3 Å². The summed E-state index contributed by atoms with van der Waals surface area (Å²) in [5.41, 5.74) is 2.18. The summed E-state index contributed by atoms with van der Waals surface area (Å²) < 4.78 is 60.3. The summed E-state index contributed by atoms with van der Waals surface area (Å²) in [6, 6.07) is 10.6. The van der Waals surface area contributed by atoms with Gasteiger partial charge in [0.15, 0.2) is 0 Å². The van der Waals surface area contributed by atoms with Gasteiger partial charge in [-0.25, -0.2) is 13.1 Å². The Morgan fingerprint density at radius 2 is 1.67 bits per heavy atom. The quantitative estimate of drug-likeness (QED) is 0.236. The third-order valence-corrected chi connectivity index (χ3v) is 7.95. The van der Waals surface area contributed by atoms with Crippen LogP contribution >= 0.6 is 11.3 Å². The molecule has 1 unspecified atom stereocenters. The van der Waals surface area contributed by atoms with E-state index in [9.17, 15) is 26.4 Å². The number of carbonyl (C=O) groups is 2. The summed E-state index contributed by atoms with van der Waals surface area (Å²) in [4.78, 5) is 20.6. The maximum Gasteiger partial charge on any atom is 0.430 e. The maximum absolute atomic E-state index is 12.8. The number of carboxylic acid groups (broad SMARTS) is 2. The number of aliphatic carboxylic acids is 2. The Morgan fingerprint density at radius 1 is 1.08 bits per heavy atom. The number of quaternary nitrogens is 1. The molecule has 0 fully saturated rings. The van der Waals surface area contributed by atoms with Crippen LogP contribution in [0.2, 0.25) is 0 Å². The number of carboxylic acids is 2. The SMILES string of the molecule is CCCCCc1ccc(C#Cc2ccc(S(=O)(=O)NC(CC(=O)O)C[N+](C)(C)C)s2)cc1.O=C([O-])C(F)(F)F. The number of alkyl halides is 3. The lowest BCUT2D eigenvalue weighted by Gasteiger charge is -2.28. The lowest BCUT2D eigenvalue weighted by Crippen LogP contribution is -2.49. The van der Waals surface area contributed by atoms with Crippen molar-refractivity contribution in [3.05, 3.63) is 52.4 Å². The second-order valence-corrected chi connectivity index (χ2v) is 12.7. The topological polar surface area (TPSA) is 124 Å². The summed E-state index contributed by atoms with van der Waals surface area (Å²) in [6.45, 7) is 2.55. The van der Waals surface area contributed by atoms with Crippen LogP contribution in [0.1, 0.15) is 48.6 Å². The number of aryl methyl sites for hydroxylation is 1. The number of hydrogen-bond acceptors (Lipinski definition) is 6. The zero-order valence-electron chi connectivity index (χ0n) is 22.2. The molecule has 0 saturated carbocycles. The summed E-state index contributed by atoms with van der Waals surface area (Å²) in [5, 5.41) is 17.9. The minimum Gasteiger partial charge on any atom is -0.542 e. The van der Waals surface area contributed by atoms with Crippen molar-refractivity contribution in [1.82, 2.24) is 4.72 Å². The number of carbonyl (C=O) groups excluding carboxylic acids is 1. The molecule has 2 rings (SSSR count). The van der Waals surface area contributed by atoms with Gasteiger partial charge in [0.25, 0.3) is 10.0 Å². The van der Waals surface area contributed by atoms with Crippen LogP contribution in [0.3, 0.4) is 0 Å². The van der Waals surface area contributed by atoms with E-state index >= 15 is 0 Å². The van der Waals surface area contributed by atoms with Gasteiger partial charge in [-0.15, -0.1) is 11.3 Å². The van der Waals surface area contributed by atoms with Crippen LogP contribution < -0.4 is 9.83 Å². The third-order valence-electron chi connectivity index (χ3n) is 4.94. The van der Waals surface area contributed by atoms with Crippen LogP contribution in [-0.2, 0) is 26.0 Å². The highest BCUT2D eigenvalue weighted by molar-refractivity contribution is 7.91. The summed E-state index contributed by atoms with van der Waals surface area (Å²) >= 11 is 1.08. The number of benzene rings is 1. The lowest BCUT2D eigenvalue weighted by atomic mass is 10.1. The fourth-order valence-corrected chi connectivity index (χ4v) is 5.70. The molecule has 1 aromatic carbocycles. The zero-order chi connectivity index (χ0) is 29.9. The Hall–Kier alpha value is -2.92. The number of halogens is 3. The second kappa shape index (κ2) is 15.0. The molecule has 13 heteroatoms. The van der Waals surface area contributed by atoms with Crippen LogP contribution in [0, 0.1) is 11.8 Å². The fourth-order valence-electron chi connectivity index (χ4n) is 3.29. The normalized spacial score (nSPS) is 12.5. The Morgan fingerprint density at radius 3 is 2.15 bits per heavy atom. The summed E-state index contributed by atoms with van der Waals surface area (Å²) in [5.74, 6) is 2.06. The number of hydrogen-bond donors (Lipinski definition) is 2. The molecule has 0 aliphatic rings. The number of sulfonamides is 1. The van der Waals surface area contributed by atoms with Crippen molar-refractivity contribution in [2.45, 2.75) is 55.5 Å². The maximum atomic E-state index is 12.8. The lowest BCUT2D eigenvalue weighted by molar-refractivity contribution is -0.871. The number of rotatable bonds is 11. The van der Waals surface area contributed by atoms with Crippen molar-refractivity contribution in [2.24, 2.45) is 0 Å². The molecule has 2 N–H and O–H groups in total. The van der Waals surface area contributed by atoms with E-state index in [1.54, 1.807) is 6.07 Å². The molecule has 39 heavy (non-hydrogen) atoms. The van der Waals surface area contributed by atoms with Crippen LogP contribution in [0.15, 0.2) is 40.6 Å². The molecule has 0 aliphatic carbocycles. The van der Waals surface area contributed by atoms with E-state index < -0.39 is 34.2 Å². The van der Waals surface area contributed by atoms with E-state index in [0.717, 1.165) is 23.3 Å². The van der Waals surface area contributed by atoms with Crippen molar-refractivity contribution in [2.75, 3.05) is 27.7 Å². The molecule has 1 aromatic heterocycles. The van der Waals surface area contributed by atoms with Crippen molar-refractivity contribution in [1.29, 1.82) is 0 Å². The average Bonchev–Trinajstić information content (AvgIpc) is 3.27. The largest absolute Gasteiger partial charge is 0.542 e. The first kappa shape index (κ1) is 34.1. The second-order valence-electron chi connectivity index (χ2n) is 9.70. The van der Waals surface area contributed by atoms with Crippen LogP contribution in [0.4, 0.5) is 13.2 Å². The molecule has 8 nitrogen and oxygen atoms in total. The van der Waals surface area contributed by atoms with Gasteiger partial charge in [0.2, 0.25) is 0 Å². The minimum atomic E-state index is -5.19. The minimum absolute atomic E-state index is 0.130. The monoisotopic (exact) mass is 590 g/mol. The first-order valence-electron chi connectivity index (χ1n) is 12.0. The number of nitrogens with one attached hydrogen (secondary N) is 1. The average molecular weight is 591 g/mol. The van der Waals surface area contributed by atoms with Gasteiger partial charge in [-0.05, 0) is 42.7 Å². The van der Waals surface area contributed by atoms with E-state index in [4.69, 9.17) is 15.0 Å². The van der Waals surface area contributed by atoms with E-state index in [2.05, 4.69) is 35.6 Å². The van der Waals surface area contributed by atoms with Crippen molar-refractivity contribution in [3.8, 4) is 11.8 Å². The zero-order valence-corrected chi connectivity index (χ0v) is 23.8. The Bertz CT molecular complexity index is 1260. The number of likely N-dealkylation sites (N-methyl/N-ethyl adjacent to an activating group) is 1. The Kier molecular flexibility index (Phi) is 13.1. The van der Waals surface area contributed by atoms with Gasteiger partial charge in [0, 0.05) is 5.56 Å². The highest BCUT2D eigenvalue weighted by Crippen LogP contribution is 2.22. The number of nitrogens with zero attached hydrogens (tertiary/aromatic N) is 1. The van der Waals surface area contributed by atoms with Gasteiger partial charge in [-0.1, -0.05) is 43.7 Å². The molecule has 0 radical (unpaired) electrons. The molecule has 1 atom stereocenters. The van der Waals surface area contributed by atoms with Gasteiger partial charge in [-0.3, -0.25) is 4.79 Å². The first-order valence-corrected chi connectivity index (χ1v) is 14.3. The first-order chi connectivity index (χ1) is 17.9. The van der Waals surface area contributed by atoms with E-state index in [-0.39, 0.29) is 10.6 Å². The smallest absolute Gasteiger partial charge is 0.430 e. The number of thiophene rings is 1. The molecule has 2 aromatic rings.